The first-order chi connectivity index (χ1) is 17.1. The summed E-state index contributed by atoms with van der Waals surface area (Å²) < 4.78 is 23.8. The number of nitrogens with zero attached hydrogens (tertiary/aromatic N) is 2. The molecule has 0 amide bonds. The molecule has 0 spiro atoms. The van der Waals surface area contributed by atoms with E-state index in [1.807, 2.05) is 0 Å². The zero-order valence-corrected chi connectivity index (χ0v) is 19.4. The van der Waals surface area contributed by atoms with E-state index in [9.17, 15) is 34.2 Å². The molecule has 2 aliphatic rings. The van der Waals surface area contributed by atoms with Crippen molar-refractivity contribution in [3.05, 3.63) is 65.2 Å². The van der Waals surface area contributed by atoms with E-state index in [1.165, 1.54) is 26.2 Å². The van der Waals surface area contributed by atoms with Crippen LogP contribution >= 0.6 is 0 Å². The summed E-state index contributed by atoms with van der Waals surface area (Å²) in [6.45, 7) is 2.12. The molecular formula is C21H26N4O11. The number of nitrogens with one attached hydrogen (secondary N) is 2. The topological polar surface area (TPSA) is 204 Å². The van der Waals surface area contributed by atoms with Gasteiger partial charge < -0.3 is 29.2 Å². The molecule has 36 heavy (non-hydrogen) atoms. The number of carbonyl (C=O) groups is 1. The highest BCUT2D eigenvalue weighted by Crippen LogP contribution is 2.31. The molecule has 2 aromatic heterocycles. The summed E-state index contributed by atoms with van der Waals surface area (Å²) in [5.74, 6) is 0. The fraction of sp³-hybridized carbons (Fsp3) is 0.571. The summed E-state index contributed by atoms with van der Waals surface area (Å²) in [7, 11) is 0. The summed E-state index contributed by atoms with van der Waals surface area (Å²) in [6.07, 6.45) is -4.20. The first kappa shape index (κ1) is 25.6. The van der Waals surface area contributed by atoms with Crippen LogP contribution in [-0.4, -0.2) is 73.1 Å². The van der Waals surface area contributed by atoms with Crippen molar-refractivity contribution >= 4 is 6.16 Å². The number of aromatic nitrogens is 4. The number of ether oxygens (including phenoxy) is 4. The average molecular weight is 510 g/mol. The molecule has 0 bridgehead atoms. The first-order valence-electron chi connectivity index (χ1n) is 11.1. The van der Waals surface area contributed by atoms with Crippen LogP contribution < -0.4 is 22.5 Å². The number of aromatic amines is 2. The second-order valence-corrected chi connectivity index (χ2v) is 8.65. The molecular weight excluding hydrogens is 484 g/mol. The summed E-state index contributed by atoms with van der Waals surface area (Å²) in [4.78, 5) is 63.9. The Hall–Kier alpha value is -3.53. The fourth-order valence-electron chi connectivity index (χ4n) is 4.10. The smallest absolute Gasteiger partial charge is 0.431 e. The standard InChI is InChI=1S/C21H26N4O11/c1-9-5-24(19(30)22-17(9)28)15-3-11(27)14(35-15)8-33-21(32)36-12-4-16(34-13(12)7-26)25-6-10(2)18(29)23-20(25)31/h5-6,11-16,26-27H,3-4,7-8H2,1-2H3,(H,22,28,30)(H,23,29,31)/t11-,12-,13+,14+,15+,16+/m0/s1. The van der Waals surface area contributed by atoms with E-state index >= 15 is 0 Å². The summed E-state index contributed by atoms with van der Waals surface area (Å²) >= 11 is 0. The van der Waals surface area contributed by atoms with Crippen LogP contribution in [0.2, 0.25) is 0 Å². The van der Waals surface area contributed by atoms with Crippen LogP contribution in [-0.2, 0) is 18.9 Å². The van der Waals surface area contributed by atoms with Crippen LogP contribution in [0.15, 0.2) is 31.6 Å². The highest BCUT2D eigenvalue weighted by Gasteiger charge is 2.40. The van der Waals surface area contributed by atoms with Crippen LogP contribution in [0.4, 0.5) is 4.79 Å². The van der Waals surface area contributed by atoms with E-state index in [0.29, 0.717) is 0 Å². The van der Waals surface area contributed by atoms with Gasteiger partial charge in [0, 0.05) is 36.4 Å². The highest BCUT2D eigenvalue weighted by atomic mass is 16.7. The molecule has 15 heteroatoms. The second kappa shape index (κ2) is 10.2. The van der Waals surface area contributed by atoms with Gasteiger partial charge in [0.15, 0.2) is 0 Å². The van der Waals surface area contributed by atoms with E-state index in [1.54, 1.807) is 0 Å². The van der Waals surface area contributed by atoms with Crippen LogP contribution in [0.3, 0.4) is 0 Å². The van der Waals surface area contributed by atoms with Crippen molar-refractivity contribution in [3.8, 4) is 0 Å². The molecule has 0 saturated carbocycles. The molecule has 0 aliphatic carbocycles. The molecule has 2 aliphatic heterocycles. The Bertz CT molecular complexity index is 1360. The highest BCUT2D eigenvalue weighted by molar-refractivity contribution is 5.60. The van der Waals surface area contributed by atoms with Crippen molar-refractivity contribution in [3.63, 3.8) is 0 Å². The molecule has 4 heterocycles. The molecule has 0 radical (unpaired) electrons. The SMILES string of the molecule is Cc1cn([C@H]2C[C@H](OC(=O)OC[C@H]3O[C@@H](n4cc(C)c(=O)[nH]c4=O)C[C@@H]3O)[C@@H](CO)O2)c(=O)[nH]c1=O. The van der Waals surface area contributed by atoms with Crippen molar-refractivity contribution in [1.29, 1.82) is 0 Å². The molecule has 4 N–H and O–H groups in total. The number of aryl methyl sites for hydroxylation is 2. The number of rotatable bonds is 6. The largest absolute Gasteiger partial charge is 0.508 e. The molecule has 2 aromatic rings. The van der Waals surface area contributed by atoms with E-state index in [4.69, 9.17) is 18.9 Å². The lowest BCUT2D eigenvalue weighted by Crippen LogP contribution is -2.34. The Morgan fingerprint density at radius 1 is 0.972 bits per heavy atom. The quantitative estimate of drug-likeness (QED) is 0.318. The molecule has 2 fully saturated rings. The zero-order valence-electron chi connectivity index (χ0n) is 19.4. The number of aliphatic hydroxyl groups excluding tert-OH is 2. The van der Waals surface area contributed by atoms with Gasteiger partial charge in [-0.05, 0) is 13.8 Å². The van der Waals surface area contributed by atoms with Crippen LogP contribution in [0.5, 0.6) is 0 Å². The van der Waals surface area contributed by atoms with Gasteiger partial charge in [0.1, 0.15) is 37.4 Å². The molecule has 15 nitrogen and oxygen atoms in total. The lowest BCUT2D eigenvalue weighted by Gasteiger charge is -2.18. The lowest BCUT2D eigenvalue weighted by molar-refractivity contribution is -0.0761. The van der Waals surface area contributed by atoms with Crippen LogP contribution in [0, 0.1) is 13.8 Å². The lowest BCUT2D eigenvalue weighted by atomic mass is 10.2. The van der Waals surface area contributed by atoms with Gasteiger partial charge >= 0.3 is 17.5 Å². The maximum absolute atomic E-state index is 12.3. The molecule has 196 valence electrons. The van der Waals surface area contributed by atoms with E-state index in [2.05, 4.69) is 9.97 Å². The Morgan fingerprint density at radius 2 is 1.50 bits per heavy atom. The van der Waals surface area contributed by atoms with Crippen molar-refractivity contribution in [2.24, 2.45) is 0 Å². The van der Waals surface area contributed by atoms with Gasteiger partial charge in [0.05, 0.1) is 12.7 Å². The van der Waals surface area contributed by atoms with Crippen molar-refractivity contribution in [2.45, 2.75) is 63.6 Å². The maximum atomic E-state index is 12.3. The number of hydrogen-bond acceptors (Lipinski definition) is 11. The molecule has 0 aromatic carbocycles. The van der Waals surface area contributed by atoms with Gasteiger partial charge in [0.2, 0.25) is 0 Å². The van der Waals surface area contributed by atoms with Gasteiger partial charge in [-0.2, -0.15) is 0 Å². The monoisotopic (exact) mass is 510 g/mol. The van der Waals surface area contributed by atoms with Gasteiger partial charge in [-0.25, -0.2) is 14.4 Å². The molecule has 6 atom stereocenters. The van der Waals surface area contributed by atoms with Crippen molar-refractivity contribution < 1.29 is 34.0 Å². The van der Waals surface area contributed by atoms with Gasteiger partial charge in [-0.3, -0.25) is 28.7 Å². The Morgan fingerprint density at radius 3 is 2.06 bits per heavy atom. The minimum absolute atomic E-state index is 0.00478. The molecule has 4 rings (SSSR count). The van der Waals surface area contributed by atoms with Crippen molar-refractivity contribution in [1.82, 2.24) is 19.1 Å². The van der Waals surface area contributed by atoms with E-state index in [-0.39, 0.29) is 24.0 Å². The number of hydrogen-bond donors (Lipinski definition) is 4. The van der Waals surface area contributed by atoms with E-state index < -0.39 is 78.7 Å². The zero-order chi connectivity index (χ0) is 26.1. The van der Waals surface area contributed by atoms with Gasteiger partial charge in [-0.1, -0.05) is 0 Å². The minimum atomic E-state index is -1.12. The van der Waals surface area contributed by atoms with Gasteiger partial charge in [0.25, 0.3) is 11.1 Å². The Balaban J connectivity index is 1.35. The van der Waals surface area contributed by atoms with Gasteiger partial charge in [-0.15, -0.1) is 0 Å². The molecule has 2 saturated heterocycles. The Labute approximate surface area is 201 Å². The van der Waals surface area contributed by atoms with Crippen molar-refractivity contribution in [2.75, 3.05) is 13.2 Å². The number of aliphatic hydroxyl groups is 2. The second-order valence-electron chi connectivity index (χ2n) is 8.65. The number of carbonyl (C=O) groups excluding carboxylic acids is 1. The van der Waals surface area contributed by atoms with Crippen LogP contribution in [0.25, 0.3) is 0 Å². The summed E-state index contributed by atoms with van der Waals surface area (Å²) in [5.41, 5.74) is -1.93. The third kappa shape index (κ3) is 5.18. The summed E-state index contributed by atoms with van der Waals surface area (Å²) in [6, 6.07) is 0. The third-order valence-corrected chi connectivity index (χ3v) is 6.09. The maximum Gasteiger partial charge on any atom is 0.508 e. The predicted molar refractivity (Wildman–Crippen MR) is 118 cm³/mol. The summed E-state index contributed by atoms with van der Waals surface area (Å²) in [5, 5.41) is 19.9. The average Bonchev–Trinajstić information content (AvgIpc) is 3.40. The third-order valence-electron chi connectivity index (χ3n) is 6.09. The number of H-pyrrole nitrogens is 2. The predicted octanol–water partition coefficient (Wildman–Crippen LogP) is -1.85. The fourth-order valence-corrected chi connectivity index (χ4v) is 4.10. The van der Waals surface area contributed by atoms with E-state index in [0.717, 1.165) is 9.13 Å². The molecule has 0 unspecified atom stereocenters. The Kier molecular flexibility index (Phi) is 7.26. The first-order valence-corrected chi connectivity index (χ1v) is 11.1. The van der Waals surface area contributed by atoms with Crippen LogP contribution in [0.1, 0.15) is 36.4 Å². The normalized spacial score (nSPS) is 27.8. The minimum Gasteiger partial charge on any atom is -0.431 e.